The van der Waals surface area contributed by atoms with E-state index in [2.05, 4.69) is 19.1 Å². The summed E-state index contributed by atoms with van der Waals surface area (Å²) in [5, 5.41) is 0. The second kappa shape index (κ2) is 6.50. The summed E-state index contributed by atoms with van der Waals surface area (Å²) < 4.78 is 0. The molecule has 0 aromatic heterocycles. The van der Waals surface area contributed by atoms with E-state index in [-0.39, 0.29) is 11.7 Å². The molecule has 0 bridgehead atoms. The highest BCUT2D eigenvalue weighted by Crippen LogP contribution is 2.13. The Labute approximate surface area is 110 Å². The Bertz CT molecular complexity index is 446. The number of ketones is 1. The van der Waals surface area contributed by atoms with Crippen molar-refractivity contribution in [3.63, 3.8) is 0 Å². The van der Waals surface area contributed by atoms with E-state index in [1.165, 1.54) is 5.56 Å². The molecule has 1 atom stereocenters. The van der Waals surface area contributed by atoms with Crippen LogP contribution in [-0.2, 0) is 4.79 Å². The average Bonchev–Trinajstić information content (AvgIpc) is 2.27. The van der Waals surface area contributed by atoms with E-state index in [1.54, 1.807) is 0 Å². The first-order valence-corrected chi connectivity index (χ1v) is 6.34. The Morgan fingerprint density at radius 2 is 2.06 bits per heavy atom. The van der Waals surface area contributed by atoms with Crippen molar-refractivity contribution in [1.82, 2.24) is 4.90 Å². The van der Waals surface area contributed by atoms with Crippen LogP contribution in [0.15, 0.2) is 29.8 Å². The number of nitrogens with zero attached hydrogens (tertiary/aromatic N) is 1. The summed E-state index contributed by atoms with van der Waals surface area (Å²) in [5.41, 5.74) is 3.14. The molecule has 0 aliphatic carbocycles. The van der Waals surface area contributed by atoms with Crippen molar-refractivity contribution >= 4 is 11.9 Å². The predicted octanol–water partition coefficient (Wildman–Crippen LogP) is 3.17. The molecule has 1 rings (SSSR count). The Morgan fingerprint density at radius 3 is 2.61 bits per heavy atom. The number of rotatable bonds is 5. The van der Waals surface area contributed by atoms with Gasteiger partial charge in [-0.1, -0.05) is 36.8 Å². The molecule has 0 saturated heterocycles. The lowest BCUT2D eigenvalue weighted by Gasteiger charge is -2.16. The standard InChI is InChI=1S/C16H23NO/c1-12-7-6-8-15(9-12)10-13(2)16(18)14(3)11-17(4)5/h6-10,14H,11H2,1-5H3/b13-10+. The Morgan fingerprint density at radius 1 is 1.39 bits per heavy atom. The number of carbonyl (C=O) groups excluding carboxylic acids is 1. The van der Waals surface area contributed by atoms with Gasteiger partial charge in [0.1, 0.15) is 0 Å². The van der Waals surface area contributed by atoms with E-state index in [9.17, 15) is 4.79 Å². The van der Waals surface area contributed by atoms with Gasteiger partial charge in [0.05, 0.1) is 0 Å². The van der Waals surface area contributed by atoms with E-state index in [1.807, 2.05) is 51.1 Å². The Kier molecular flexibility index (Phi) is 5.29. The topological polar surface area (TPSA) is 20.3 Å². The number of allylic oxidation sites excluding steroid dienone is 1. The smallest absolute Gasteiger partial charge is 0.162 e. The summed E-state index contributed by atoms with van der Waals surface area (Å²) >= 11 is 0. The quantitative estimate of drug-likeness (QED) is 0.743. The highest BCUT2D eigenvalue weighted by molar-refractivity contribution is 6.00. The van der Waals surface area contributed by atoms with Gasteiger partial charge in [0, 0.05) is 12.5 Å². The fraction of sp³-hybridized carbons (Fsp3) is 0.438. The summed E-state index contributed by atoms with van der Waals surface area (Å²) in [6, 6.07) is 8.19. The second-order valence-corrected chi connectivity index (χ2v) is 5.27. The summed E-state index contributed by atoms with van der Waals surface area (Å²) in [7, 11) is 3.98. The number of aryl methyl sites for hydroxylation is 1. The van der Waals surface area contributed by atoms with Crippen LogP contribution in [0.1, 0.15) is 25.0 Å². The number of hydrogen-bond donors (Lipinski definition) is 0. The number of carbonyl (C=O) groups is 1. The van der Waals surface area contributed by atoms with Crippen LogP contribution >= 0.6 is 0 Å². The second-order valence-electron chi connectivity index (χ2n) is 5.27. The largest absolute Gasteiger partial charge is 0.309 e. The zero-order valence-electron chi connectivity index (χ0n) is 12.0. The monoisotopic (exact) mass is 245 g/mol. The molecule has 0 fully saturated rings. The van der Waals surface area contributed by atoms with E-state index in [0.717, 1.165) is 17.7 Å². The van der Waals surface area contributed by atoms with Gasteiger partial charge in [0.25, 0.3) is 0 Å². The van der Waals surface area contributed by atoms with Gasteiger partial charge in [0.2, 0.25) is 0 Å². The first-order valence-electron chi connectivity index (χ1n) is 6.34. The lowest BCUT2D eigenvalue weighted by Crippen LogP contribution is -2.26. The Hall–Kier alpha value is -1.41. The predicted molar refractivity (Wildman–Crippen MR) is 77.6 cm³/mol. The third-order valence-electron chi connectivity index (χ3n) is 2.90. The SMILES string of the molecule is C/C(=C\c1cccc(C)c1)C(=O)C(C)CN(C)C. The first-order chi connectivity index (χ1) is 8.40. The fourth-order valence-corrected chi connectivity index (χ4v) is 2.10. The van der Waals surface area contributed by atoms with Gasteiger partial charge in [-0.05, 0) is 45.2 Å². The molecule has 98 valence electrons. The van der Waals surface area contributed by atoms with Crippen LogP contribution in [-0.4, -0.2) is 31.3 Å². The van der Waals surface area contributed by atoms with Crippen molar-refractivity contribution in [3.05, 3.63) is 41.0 Å². The van der Waals surface area contributed by atoms with Crippen LogP contribution in [0.4, 0.5) is 0 Å². The minimum atomic E-state index is 0.0426. The maximum Gasteiger partial charge on any atom is 0.162 e. The zero-order chi connectivity index (χ0) is 13.7. The highest BCUT2D eigenvalue weighted by atomic mass is 16.1. The van der Waals surface area contributed by atoms with Crippen molar-refractivity contribution in [2.75, 3.05) is 20.6 Å². The lowest BCUT2D eigenvalue weighted by molar-refractivity contribution is -0.119. The molecule has 1 aromatic rings. The summed E-state index contributed by atoms with van der Waals surface area (Å²) in [5.74, 6) is 0.270. The Balaban J connectivity index is 2.80. The molecule has 0 aliphatic rings. The molecule has 2 heteroatoms. The molecule has 0 heterocycles. The maximum absolute atomic E-state index is 12.2. The van der Waals surface area contributed by atoms with Crippen molar-refractivity contribution in [3.8, 4) is 0 Å². The van der Waals surface area contributed by atoms with Crippen LogP contribution in [0, 0.1) is 12.8 Å². The van der Waals surface area contributed by atoms with Crippen molar-refractivity contribution in [1.29, 1.82) is 0 Å². The van der Waals surface area contributed by atoms with Crippen LogP contribution in [0.25, 0.3) is 6.08 Å². The fourth-order valence-electron chi connectivity index (χ4n) is 2.10. The minimum Gasteiger partial charge on any atom is -0.309 e. The third-order valence-corrected chi connectivity index (χ3v) is 2.90. The zero-order valence-corrected chi connectivity index (χ0v) is 12.0. The van der Waals surface area contributed by atoms with Crippen molar-refractivity contribution in [2.24, 2.45) is 5.92 Å². The van der Waals surface area contributed by atoms with Crippen LogP contribution in [0.3, 0.4) is 0 Å². The first kappa shape index (κ1) is 14.7. The summed E-state index contributed by atoms with van der Waals surface area (Å²) in [6.07, 6.45) is 1.97. The van der Waals surface area contributed by atoms with Crippen LogP contribution in [0.5, 0.6) is 0 Å². The van der Waals surface area contributed by atoms with Crippen molar-refractivity contribution < 1.29 is 4.79 Å². The summed E-state index contributed by atoms with van der Waals surface area (Å²) in [4.78, 5) is 14.2. The number of Topliss-reactive ketones (excluding diaryl/α,β-unsaturated/α-hetero) is 1. The van der Waals surface area contributed by atoms with Gasteiger partial charge in [-0.3, -0.25) is 4.79 Å². The van der Waals surface area contributed by atoms with E-state index >= 15 is 0 Å². The average molecular weight is 245 g/mol. The summed E-state index contributed by atoms with van der Waals surface area (Å²) in [6.45, 7) is 6.73. The molecule has 18 heavy (non-hydrogen) atoms. The normalized spacial score (nSPS) is 13.8. The van der Waals surface area contributed by atoms with Gasteiger partial charge in [-0.2, -0.15) is 0 Å². The number of hydrogen-bond acceptors (Lipinski definition) is 2. The van der Waals surface area contributed by atoms with Crippen LogP contribution in [0.2, 0.25) is 0 Å². The lowest BCUT2D eigenvalue weighted by atomic mass is 9.98. The minimum absolute atomic E-state index is 0.0426. The van der Waals surface area contributed by atoms with Gasteiger partial charge in [-0.15, -0.1) is 0 Å². The third kappa shape index (κ3) is 4.46. The van der Waals surface area contributed by atoms with E-state index in [0.29, 0.717) is 0 Å². The van der Waals surface area contributed by atoms with E-state index < -0.39 is 0 Å². The molecular weight excluding hydrogens is 222 g/mol. The van der Waals surface area contributed by atoms with Crippen molar-refractivity contribution in [2.45, 2.75) is 20.8 Å². The molecule has 0 saturated carbocycles. The van der Waals surface area contributed by atoms with E-state index in [4.69, 9.17) is 0 Å². The van der Waals surface area contributed by atoms with Gasteiger partial charge in [0.15, 0.2) is 5.78 Å². The van der Waals surface area contributed by atoms with Gasteiger partial charge < -0.3 is 4.90 Å². The highest BCUT2D eigenvalue weighted by Gasteiger charge is 2.15. The molecule has 1 aromatic carbocycles. The maximum atomic E-state index is 12.2. The molecule has 0 radical (unpaired) electrons. The molecule has 1 unspecified atom stereocenters. The molecule has 0 amide bonds. The molecule has 0 spiro atoms. The van der Waals surface area contributed by atoms with Crippen LogP contribution < -0.4 is 0 Å². The molecular formula is C16H23NO. The number of benzene rings is 1. The molecule has 2 nitrogen and oxygen atoms in total. The van der Waals surface area contributed by atoms with Gasteiger partial charge in [-0.25, -0.2) is 0 Å². The molecule has 0 aliphatic heterocycles. The van der Waals surface area contributed by atoms with Gasteiger partial charge >= 0.3 is 0 Å². The molecule has 0 N–H and O–H groups in total.